The SMILES string of the molecule is Clc1ccc(COC(C[n+]2ccn(CCOc3ccccc3)c2)c2ccc(Cl)cc2Cl)c(Cl)c1.[Br-]. The molecule has 0 saturated carbocycles. The van der Waals surface area contributed by atoms with Crippen LogP contribution in [0.15, 0.2) is 85.5 Å². The highest BCUT2D eigenvalue weighted by Gasteiger charge is 2.20. The number of ether oxygens (including phenoxy) is 2. The van der Waals surface area contributed by atoms with Gasteiger partial charge in [0.15, 0.2) is 0 Å². The summed E-state index contributed by atoms with van der Waals surface area (Å²) >= 11 is 25.0. The van der Waals surface area contributed by atoms with Crippen LogP contribution in [0.2, 0.25) is 20.1 Å². The van der Waals surface area contributed by atoms with Crippen molar-refractivity contribution >= 4 is 46.4 Å². The first-order valence-electron chi connectivity index (χ1n) is 10.7. The molecule has 1 atom stereocenters. The fraction of sp³-hybridized carbons (Fsp3) is 0.192. The van der Waals surface area contributed by atoms with E-state index < -0.39 is 0 Å². The number of hydrogen-bond acceptors (Lipinski definition) is 2. The molecule has 1 heterocycles. The highest BCUT2D eigenvalue weighted by molar-refractivity contribution is 6.35. The van der Waals surface area contributed by atoms with Crippen LogP contribution in [0.25, 0.3) is 0 Å². The number of halogens is 5. The molecule has 1 aromatic heterocycles. The highest BCUT2D eigenvalue weighted by atomic mass is 79.9. The molecular weight excluding hydrogens is 594 g/mol. The molecule has 3 aromatic carbocycles. The summed E-state index contributed by atoms with van der Waals surface area (Å²) in [4.78, 5) is 0. The minimum atomic E-state index is -0.321. The van der Waals surface area contributed by atoms with E-state index in [9.17, 15) is 0 Å². The van der Waals surface area contributed by atoms with Crippen LogP contribution in [0, 0.1) is 0 Å². The summed E-state index contributed by atoms with van der Waals surface area (Å²) in [5.74, 6) is 0.856. The molecule has 0 bridgehead atoms. The van der Waals surface area contributed by atoms with Crippen molar-refractivity contribution in [2.24, 2.45) is 0 Å². The van der Waals surface area contributed by atoms with Crippen molar-refractivity contribution < 1.29 is 31.0 Å². The quantitative estimate of drug-likeness (QED) is 0.247. The van der Waals surface area contributed by atoms with Gasteiger partial charge >= 0.3 is 0 Å². The second-order valence-electron chi connectivity index (χ2n) is 7.71. The zero-order valence-electron chi connectivity index (χ0n) is 18.6. The minimum absolute atomic E-state index is 0. The van der Waals surface area contributed by atoms with Gasteiger partial charge in [-0.15, -0.1) is 0 Å². The smallest absolute Gasteiger partial charge is 0.243 e. The molecule has 0 aliphatic carbocycles. The first-order valence-corrected chi connectivity index (χ1v) is 12.2. The molecule has 0 aliphatic heterocycles. The van der Waals surface area contributed by atoms with E-state index in [0.717, 1.165) is 23.4 Å². The van der Waals surface area contributed by atoms with E-state index in [1.54, 1.807) is 18.2 Å². The monoisotopic (exact) mass is 614 g/mol. The van der Waals surface area contributed by atoms with Crippen molar-refractivity contribution in [3.8, 4) is 5.75 Å². The predicted octanol–water partition coefficient (Wildman–Crippen LogP) is 4.43. The van der Waals surface area contributed by atoms with Crippen LogP contribution in [-0.2, 0) is 24.4 Å². The van der Waals surface area contributed by atoms with Crippen molar-refractivity contribution in [3.63, 3.8) is 0 Å². The second-order valence-corrected chi connectivity index (χ2v) is 9.40. The third-order valence-electron chi connectivity index (χ3n) is 5.25. The lowest BCUT2D eigenvalue weighted by atomic mass is 10.1. The van der Waals surface area contributed by atoms with Gasteiger partial charge in [0, 0.05) is 25.7 Å². The molecule has 0 saturated heterocycles. The van der Waals surface area contributed by atoms with Gasteiger partial charge in [0.1, 0.15) is 43.9 Å². The van der Waals surface area contributed by atoms with Crippen LogP contribution >= 0.6 is 46.4 Å². The molecule has 4 rings (SSSR count). The van der Waals surface area contributed by atoms with E-state index in [-0.39, 0.29) is 23.1 Å². The number of benzene rings is 3. The molecule has 0 aliphatic rings. The Balaban J connectivity index is 0.00000342. The van der Waals surface area contributed by atoms with Gasteiger partial charge in [-0.3, -0.25) is 0 Å². The summed E-state index contributed by atoms with van der Waals surface area (Å²) in [5, 5.41) is 2.27. The fourth-order valence-corrected chi connectivity index (χ4v) is 4.48. The van der Waals surface area contributed by atoms with Crippen molar-refractivity contribution in [1.29, 1.82) is 0 Å². The number of para-hydroxylation sites is 1. The first kappa shape index (κ1) is 27.9. The molecule has 0 radical (unpaired) electrons. The summed E-state index contributed by atoms with van der Waals surface area (Å²) in [5.41, 5.74) is 1.70. The lowest BCUT2D eigenvalue weighted by Gasteiger charge is -2.19. The van der Waals surface area contributed by atoms with Crippen LogP contribution < -0.4 is 26.3 Å². The molecule has 1 unspecified atom stereocenters. The zero-order chi connectivity index (χ0) is 23.9. The number of aromatic nitrogens is 2. The van der Waals surface area contributed by atoms with E-state index in [2.05, 4.69) is 9.13 Å². The van der Waals surface area contributed by atoms with Gasteiger partial charge in [0.25, 0.3) is 0 Å². The molecule has 9 heteroatoms. The van der Waals surface area contributed by atoms with Gasteiger partial charge in [0.2, 0.25) is 6.33 Å². The Morgan fingerprint density at radius 3 is 2.29 bits per heavy atom. The van der Waals surface area contributed by atoms with Gasteiger partial charge < -0.3 is 26.5 Å². The van der Waals surface area contributed by atoms with Crippen molar-refractivity contribution in [1.82, 2.24) is 4.57 Å². The molecular formula is C26H23BrCl4N2O2. The molecule has 184 valence electrons. The summed E-state index contributed by atoms with van der Waals surface area (Å²) in [6, 6.07) is 20.6. The number of nitrogens with zero attached hydrogens (tertiary/aromatic N) is 2. The molecule has 4 nitrogen and oxygen atoms in total. The molecule has 4 aromatic rings. The maximum absolute atomic E-state index is 6.52. The maximum atomic E-state index is 6.52. The Labute approximate surface area is 235 Å². The Bertz CT molecular complexity index is 1240. The van der Waals surface area contributed by atoms with E-state index in [4.69, 9.17) is 55.9 Å². The van der Waals surface area contributed by atoms with E-state index in [1.165, 1.54) is 0 Å². The summed E-state index contributed by atoms with van der Waals surface area (Å²) < 4.78 is 16.2. The molecule has 0 amide bonds. The Morgan fingerprint density at radius 1 is 0.857 bits per heavy atom. The Kier molecular flexibility index (Phi) is 10.8. The fourth-order valence-electron chi connectivity index (χ4n) is 3.49. The summed E-state index contributed by atoms with van der Waals surface area (Å²) in [6.45, 7) is 2.15. The molecule has 0 N–H and O–H groups in total. The third-order valence-corrected chi connectivity index (χ3v) is 6.40. The van der Waals surface area contributed by atoms with Crippen molar-refractivity contribution in [2.45, 2.75) is 25.8 Å². The summed E-state index contributed by atoms with van der Waals surface area (Å²) in [7, 11) is 0. The number of rotatable bonds is 10. The molecule has 0 fully saturated rings. The van der Waals surface area contributed by atoms with Gasteiger partial charge in [-0.05, 0) is 42.0 Å². The zero-order valence-corrected chi connectivity index (χ0v) is 23.2. The normalized spacial score (nSPS) is 11.7. The number of hydrogen-bond donors (Lipinski definition) is 0. The average Bonchev–Trinajstić information content (AvgIpc) is 3.26. The van der Waals surface area contributed by atoms with Gasteiger partial charge in [0.05, 0.1) is 6.61 Å². The van der Waals surface area contributed by atoms with Crippen molar-refractivity contribution in [3.05, 3.63) is 117 Å². The predicted molar refractivity (Wildman–Crippen MR) is 137 cm³/mol. The highest BCUT2D eigenvalue weighted by Crippen LogP contribution is 2.30. The van der Waals surface area contributed by atoms with Gasteiger partial charge in [-0.25, -0.2) is 9.13 Å². The van der Waals surface area contributed by atoms with Crippen molar-refractivity contribution in [2.75, 3.05) is 6.61 Å². The van der Waals surface area contributed by atoms with Crippen LogP contribution in [0.4, 0.5) is 0 Å². The summed E-state index contributed by atoms with van der Waals surface area (Å²) in [6.07, 6.45) is 5.70. The first-order chi connectivity index (χ1) is 16.5. The second kappa shape index (κ2) is 13.5. The lowest BCUT2D eigenvalue weighted by Crippen LogP contribution is -3.00. The Hall–Kier alpha value is -1.73. The minimum Gasteiger partial charge on any atom is -1.00 e. The molecule has 0 spiro atoms. The van der Waals surface area contributed by atoms with Crippen LogP contribution in [0.1, 0.15) is 17.2 Å². The topological polar surface area (TPSA) is 27.3 Å². The van der Waals surface area contributed by atoms with E-state index in [1.807, 2.05) is 67.3 Å². The van der Waals surface area contributed by atoms with Gasteiger partial charge in [-0.2, -0.15) is 0 Å². The average molecular weight is 617 g/mol. The van der Waals surface area contributed by atoms with Crippen LogP contribution in [-0.4, -0.2) is 11.2 Å². The molecule has 35 heavy (non-hydrogen) atoms. The Morgan fingerprint density at radius 2 is 1.57 bits per heavy atom. The van der Waals surface area contributed by atoms with E-state index in [0.29, 0.717) is 39.8 Å². The third kappa shape index (κ3) is 8.14. The largest absolute Gasteiger partial charge is 1.00 e. The van der Waals surface area contributed by atoms with Crippen LogP contribution in [0.3, 0.4) is 0 Å². The van der Waals surface area contributed by atoms with E-state index >= 15 is 0 Å². The maximum Gasteiger partial charge on any atom is 0.243 e. The van der Waals surface area contributed by atoms with Gasteiger partial charge in [-0.1, -0.05) is 76.7 Å². The lowest BCUT2D eigenvalue weighted by molar-refractivity contribution is -0.704. The standard InChI is InChI=1S/C26H23Cl4N2O2.BrH/c27-20-7-6-19(24(29)14-20)17-34-26(23-9-8-21(28)15-25(23)30)16-32-11-10-31(18-32)12-13-33-22-4-2-1-3-5-22;/h1-11,14-15,18,26H,12-13,16-17H2;1H/q+1;/p-1. The van der Waals surface area contributed by atoms with Crippen LogP contribution in [0.5, 0.6) is 5.75 Å². The number of imidazole rings is 1.